The Kier molecular flexibility index (Phi) is 7.07. The number of methoxy groups -OCH3 is 2. The molecule has 0 N–H and O–H groups in total. The van der Waals surface area contributed by atoms with Crippen LogP contribution in [0, 0.1) is 18.3 Å². The van der Waals surface area contributed by atoms with Gasteiger partial charge in [-0.2, -0.15) is 5.26 Å². The summed E-state index contributed by atoms with van der Waals surface area (Å²) in [7, 11) is 3.16. The SMILES string of the molecule is COc1ccc(CN(C(=O)OC(C)(C)C)c2cc(C)c3cccc(CC#N)c3n2)c(OC)c1. The first-order chi connectivity index (χ1) is 15.7. The molecule has 0 radical (unpaired) electrons. The lowest BCUT2D eigenvalue weighted by Crippen LogP contribution is -2.37. The Morgan fingerprint density at radius 1 is 1.09 bits per heavy atom. The number of ether oxygens (including phenoxy) is 3. The third-order valence-corrected chi connectivity index (χ3v) is 5.10. The van der Waals surface area contributed by atoms with Crippen molar-refractivity contribution in [1.82, 2.24) is 4.98 Å². The van der Waals surface area contributed by atoms with E-state index in [0.717, 1.165) is 22.1 Å². The lowest BCUT2D eigenvalue weighted by atomic mass is 10.0. The summed E-state index contributed by atoms with van der Waals surface area (Å²) in [6, 6.07) is 15.2. The Morgan fingerprint density at radius 3 is 2.48 bits per heavy atom. The van der Waals surface area contributed by atoms with Crippen molar-refractivity contribution in [3.8, 4) is 17.6 Å². The molecule has 172 valence electrons. The minimum absolute atomic E-state index is 0.181. The molecule has 0 bridgehead atoms. The third-order valence-electron chi connectivity index (χ3n) is 5.10. The molecule has 0 saturated heterocycles. The van der Waals surface area contributed by atoms with Crippen LogP contribution in [-0.4, -0.2) is 30.9 Å². The molecule has 7 nitrogen and oxygen atoms in total. The standard InChI is InChI=1S/C26H29N3O4/c1-17-14-23(28-24-18(12-13-27)8-7-9-21(17)24)29(25(30)33-26(2,3)4)16-19-10-11-20(31-5)15-22(19)32-6/h7-11,14-15H,12,16H2,1-6H3. The van der Waals surface area contributed by atoms with Gasteiger partial charge in [-0.05, 0) is 57.0 Å². The summed E-state index contributed by atoms with van der Waals surface area (Å²) in [5.41, 5.74) is 2.55. The van der Waals surface area contributed by atoms with Crippen LogP contribution < -0.4 is 14.4 Å². The van der Waals surface area contributed by atoms with Crippen LogP contribution in [0.25, 0.3) is 10.9 Å². The van der Waals surface area contributed by atoms with E-state index in [4.69, 9.17) is 19.2 Å². The van der Waals surface area contributed by atoms with Gasteiger partial charge in [0.1, 0.15) is 22.9 Å². The number of amides is 1. The maximum Gasteiger partial charge on any atom is 0.416 e. The van der Waals surface area contributed by atoms with E-state index in [1.54, 1.807) is 20.3 Å². The molecule has 0 aliphatic carbocycles. The number of carbonyl (C=O) groups is 1. The van der Waals surface area contributed by atoms with Gasteiger partial charge in [0, 0.05) is 17.0 Å². The molecule has 0 fully saturated rings. The zero-order valence-electron chi connectivity index (χ0n) is 19.9. The van der Waals surface area contributed by atoms with Crippen molar-refractivity contribution < 1.29 is 19.0 Å². The Hall–Kier alpha value is -3.79. The van der Waals surface area contributed by atoms with Gasteiger partial charge in [0.15, 0.2) is 0 Å². The number of pyridine rings is 1. The number of para-hydroxylation sites is 1. The van der Waals surface area contributed by atoms with Crippen molar-refractivity contribution in [2.45, 2.75) is 46.3 Å². The second-order valence-corrected chi connectivity index (χ2v) is 8.69. The van der Waals surface area contributed by atoms with Crippen LogP contribution in [0.15, 0.2) is 42.5 Å². The fourth-order valence-electron chi connectivity index (χ4n) is 3.53. The van der Waals surface area contributed by atoms with Gasteiger partial charge in [0.2, 0.25) is 0 Å². The van der Waals surface area contributed by atoms with E-state index in [1.807, 2.05) is 64.1 Å². The summed E-state index contributed by atoms with van der Waals surface area (Å²) in [5.74, 6) is 1.68. The summed E-state index contributed by atoms with van der Waals surface area (Å²) in [6.07, 6.45) is -0.296. The molecule has 3 rings (SSSR count). The fourth-order valence-corrected chi connectivity index (χ4v) is 3.53. The van der Waals surface area contributed by atoms with Gasteiger partial charge >= 0.3 is 6.09 Å². The van der Waals surface area contributed by atoms with Crippen LogP contribution in [0.3, 0.4) is 0 Å². The van der Waals surface area contributed by atoms with E-state index in [9.17, 15) is 10.1 Å². The average Bonchev–Trinajstić information content (AvgIpc) is 2.76. The van der Waals surface area contributed by atoms with E-state index in [2.05, 4.69) is 6.07 Å². The topological polar surface area (TPSA) is 84.7 Å². The molecule has 0 atom stereocenters. The monoisotopic (exact) mass is 447 g/mol. The molecular weight excluding hydrogens is 418 g/mol. The molecule has 0 aliphatic rings. The summed E-state index contributed by atoms with van der Waals surface area (Å²) < 4.78 is 16.5. The number of nitriles is 1. The Labute approximate surface area is 194 Å². The van der Waals surface area contributed by atoms with Crippen molar-refractivity contribution >= 4 is 22.8 Å². The highest BCUT2D eigenvalue weighted by Crippen LogP contribution is 2.30. The lowest BCUT2D eigenvalue weighted by molar-refractivity contribution is 0.0576. The van der Waals surface area contributed by atoms with E-state index >= 15 is 0 Å². The largest absolute Gasteiger partial charge is 0.497 e. The average molecular weight is 448 g/mol. The van der Waals surface area contributed by atoms with Gasteiger partial charge in [-0.25, -0.2) is 9.78 Å². The number of anilines is 1. The quantitative estimate of drug-likeness (QED) is 0.491. The highest BCUT2D eigenvalue weighted by Gasteiger charge is 2.26. The predicted octanol–water partition coefficient (Wildman–Crippen LogP) is 5.57. The molecule has 0 saturated carbocycles. The molecule has 2 aromatic carbocycles. The predicted molar refractivity (Wildman–Crippen MR) is 128 cm³/mol. The molecule has 1 amide bonds. The van der Waals surface area contributed by atoms with Crippen molar-refractivity contribution in [1.29, 1.82) is 5.26 Å². The minimum atomic E-state index is -0.683. The summed E-state index contributed by atoms with van der Waals surface area (Å²) in [6.45, 7) is 7.61. The van der Waals surface area contributed by atoms with Crippen molar-refractivity contribution in [2.24, 2.45) is 0 Å². The first kappa shape index (κ1) is 23.9. The van der Waals surface area contributed by atoms with Crippen LogP contribution in [0.4, 0.5) is 10.6 Å². The maximum absolute atomic E-state index is 13.3. The highest BCUT2D eigenvalue weighted by molar-refractivity contribution is 5.92. The molecule has 0 spiro atoms. The van der Waals surface area contributed by atoms with E-state index < -0.39 is 11.7 Å². The van der Waals surface area contributed by atoms with E-state index in [-0.39, 0.29) is 13.0 Å². The molecular formula is C26H29N3O4. The Morgan fingerprint density at radius 2 is 1.85 bits per heavy atom. The van der Waals surface area contributed by atoms with Crippen molar-refractivity contribution in [2.75, 3.05) is 19.1 Å². The number of benzene rings is 2. The zero-order chi connectivity index (χ0) is 24.2. The smallest absolute Gasteiger partial charge is 0.416 e. The highest BCUT2D eigenvalue weighted by atomic mass is 16.6. The third kappa shape index (κ3) is 5.53. The number of rotatable bonds is 6. The number of nitrogens with zero attached hydrogens (tertiary/aromatic N) is 3. The lowest BCUT2D eigenvalue weighted by Gasteiger charge is -2.28. The number of carbonyl (C=O) groups excluding carboxylic acids is 1. The Bertz CT molecular complexity index is 1210. The van der Waals surface area contributed by atoms with Crippen LogP contribution in [0.1, 0.15) is 37.5 Å². The van der Waals surface area contributed by atoms with Crippen molar-refractivity contribution in [3.05, 3.63) is 59.2 Å². The number of hydrogen-bond donors (Lipinski definition) is 0. The summed E-state index contributed by atoms with van der Waals surface area (Å²) in [4.78, 5) is 19.6. The van der Waals surface area contributed by atoms with Gasteiger partial charge in [-0.3, -0.25) is 4.90 Å². The van der Waals surface area contributed by atoms with Gasteiger partial charge in [0.25, 0.3) is 0 Å². The second kappa shape index (κ2) is 9.78. The first-order valence-corrected chi connectivity index (χ1v) is 10.6. The summed E-state index contributed by atoms with van der Waals surface area (Å²) >= 11 is 0. The zero-order valence-corrected chi connectivity index (χ0v) is 19.9. The van der Waals surface area contributed by atoms with Crippen LogP contribution >= 0.6 is 0 Å². The summed E-state index contributed by atoms with van der Waals surface area (Å²) in [5, 5.41) is 10.2. The Balaban J connectivity index is 2.14. The molecule has 0 unspecified atom stereocenters. The van der Waals surface area contributed by atoms with Crippen LogP contribution in [0.5, 0.6) is 11.5 Å². The molecule has 1 aromatic heterocycles. The minimum Gasteiger partial charge on any atom is -0.497 e. The molecule has 7 heteroatoms. The normalized spacial score (nSPS) is 11.1. The van der Waals surface area contributed by atoms with Crippen molar-refractivity contribution in [3.63, 3.8) is 0 Å². The van der Waals surface area contributed by atoms with Crippen LogP contribution in [0.2, 0.25) is 0 Å². The van der Waals surface area contributed by atoms with Gasteiger partial charge in [0.05, 0.1) is 38.8 Å². The van der Waals surface area contributed by atoms with Gasteiger partial charge < -0.3 is 14.2 Å². The second-order valence-electron chi connectivity index (χ2n) is 8.69. The van der Waals surface area contributed by atoms with Gasteiger partial charge in [-0.1, -0.05) is 18.2 Å². The van der Waals surface area contributed by atoms with E-state index in [0.29, 0.717) is 22.8 Å². The molecule has 33 heavy (non-hydrogen) atoms. The van der Waals surface area contributed by atoms with Crippen LogP contribution in [-0.2, 0) is 17.7 Å². The molecule has 3 aromatic rings. The maximum atomic E-state index is 13.3. The number of hydrogen-bond acceptors (Lipinski definition) is 6. The fraction of sp³-hybridized carbons (Fsp3) is 0.346. The number of fused-ring (bicyclic) bond motifs is 1. The number of aromatic nitrogens is 1. The molecule has 0 aliphatic heterocycles. The molecule has 1 heterocycles. The first-order valence-electron chi connectivity index (χ1n) is 10.6. The number of aryl methyl sites for hydroxylation is 1. The van der Waals surface area contributed by atoms with Gasteiger partial charge in [-0.15, -0.1) is 0 Å². The van der Waals surface area contributed by atoms with E-state index in [1.165, 1.54) is 4.90 Å².